The van der Waals surface area contributed by atoms with Crippen LogP contribution in [0.3, 0.4) is 0 Å². The van der Waals surface area contributed by atoms with Crippen LogP contribution < -0.4 is 10.0 Å². The fraction of sp³-hybridized carbons (Fsp3) is 0.182. The third-order valence-electron chi connectivity index (χ3n) is 4.82. The lowest BCUT2D eigenvalue weighted by atomic mass is 10.2. The van der Waals surface area contributed by atoms with Crippen molar-refractivity contribution in [3.8, 4) is 0 Å². The van der Waals surface area contributed by atoms with Crippen LogP contribution in [0.4, 0.5) is 11.4 Å². The highest BCUT2D eigenvalue weighted by atomic mass is 35.5. The molecule has 1 fully saturated rings. The fourth-order valence-electron chi connectivity index (χ4n) is 2.90. The van der Waals surface area contributed by atoms with Crippen molar-refractivity contribution < 1.29 is 17.7 Å². The second kappa shape index (κ2) is 8.56. The Hall–Kier alpha value is -3.10. The monoisotopic (exact) mass is 457 g/mol. The van der Waals surface area contributed by atoms with Crippen molar-refractivity contribution in [3.05, 3.63) is 70.6 Å². The van der Waals surface area contributed by atoms with Crippen molar-refractivity contribution in [2.75, 3.05) is 10.0 Å². The van der Waals surface area contributed by atoms with E-state index in [-0.39, 0.29) is 16.7 Å². The molecule has 7 nitrogen and oxygen atoms in total. The summed E-state index contributed by atoms with van der Waals surface area (Å²) in [6.07, 6.45) is 5.25. The number of sulfonamides is 1. The Labute approximate surface area is 185 Å². The zero-order valence-corrected chi connectivity index (χ0v) is 18.2. The second-order valence-corrected chi connectivity index (χ2v) is 9.35. The zero-order chi connectivity index (χ0) is 22.0. The van der Waals surface area contributed by atoms with Crippen molar-refractivity contribution in [3.63, 3.8) is 0 Å². The minimum absolute atomic E-state index is 0.0264. The topological polar surface area (TPSA) is 101 Å². The molecule has 1 saturated carbocycles. The first kappa shape index (κ1) is 21.1. The van der Waals surface area contributed by atoms with Gasteiger partial charge in [-0.05, 0) is 55.7 Å². The maximum atomic E-state index is 12.6. The molecule has 3 aromatic rings. The van der Waals surface area contributed by atoms with Crippen LogP contribution in [-0.2, 0) is 14.8 Å². The molecule has 1 aromatic heterocycles. The molecule has 4 rings (SSSR count). The van der Waals surface area contributed by atoms with Gasteiger partial charge < -0.3 is 9.84 Å². The molecule has 1 heterocycles. The SMILES string of the molecule is Cc1noc(/C=C\c2ccc(S(=O)(=O)Nc3ccccc3Cl)cc2)c1NC(=O)C1CC1. The Bertz CT molecular complexity index is 1250. The van der Waals surface area contributed by atoms with Gasteiger partial charge in [0.05, 0.1) is 15.6 Å². The first-order valence-corrected chi connectivity index (χ1v) is 11.5. The third-order valence-corrected chi connectivity index (χ3v) is 6.53. The Morgan fingerprint density at radius 1 is 1.13 bits per heavy atom. The molecule has 2 aromatic carbocycles. The van der Waals surface area contributed by atoms with E-state index in [1.165, 1.54) is 12.1 Å². The normalized spacial score (nSPS) is 14.0. The lowest BCUT2D eigenvalue weighted by Crippen LogP contribution is -2.14. The summed E-state index contributed by atoms with van der Waals surface area (Å²) in [6.45, 7) is 1.76. The number of aromatic nitrogens is 1. The van der Waals surface area contributed by atoms with E-state index >= 15 is 0 Å². The van der Waals surface area contributed by atoms with Crippen molar-refractivity contribution in [2.45, 2.75) is 24.7 Å². The van der Waals surface area contributed by atoms with E-state index in [1.54, 1.807) is 55.5 Å². The summed E-state index contributed by atoms with van der Waals surface area (Å²) in [5.74, 6) is 0.477. The van der Waals surface area contributed by atoms with Gasteiger partial charge in [-0.2, -0.15) is 0 Å². The maximum Gasteiger partial charge on any atom is 0.261 e. The highest BCUT2D eigenvalue weighted by molar-refractivity contribution is 7.92. The summed E-state index contributed by atoms with van der Waals surface area (Å²) < 4.78 is 33.0. The second-order valence-electron chi connectivity index (χ2n) is 7.26. The number of aryl methyl sites for hydroxylation is 1. The van der Waals surface area contributed by atoms with Gasteiger partial charge in [0.1, 0.15) is 11.4 Å². The molecule has 0 radical (unpaired) electrons. The lowest BCUT2D eigenvalue weighted by molar-refractivity contribution is -0.117. The zero-order valence-electron chi connectivity index (χ0n) is 16.6. The number of carbonyl (C=O) groups is 1. The molecule has 9 heteroatoms. The first-order chi connectivity index (χ1) is 14.8. The van der Waals surface area contributed by atoms with Gasteiger partial charge in [-0.25, -0.2) is 8.42 Å². The van der Waals surface area contributed by atoms with Gasteiger partial charge in [0.25, 0.3) is 10.0 Å². The molecule has 0 spiro atoms. The van der Waals surface area contributed by atoms with Gasteiger partial charge in [-0.15, -0.1) is 0 Å². The molecule has 160 valence electrons. The van der Waals surface area contributed by atoms with Crippen LogP contribution in [0.15, 0.2) is 57.9 Å². The lowest BCUT2D eigenvalue weighted by Gasteiger charge is -2.09. The van der Waals surface area contributed by atoms with Crippen molar-refractivity contribution in [1.29, 1.82) is 0 Å². The number of benzene rings is 2. The van der Waals surface area contributed by atoms with Gasteiger partial charge in [0.2, 0.25) is 5.91 Å². The third kappa shape index (κ3) is 4.98. The van der Waals surface area contributed by atoms with Crippen molar-refractivity contribution in [2.24, 2.45) is 5.92 Å². The van der Waals surface area contributed by atoms with Crippen LogP contribution in [-0.4, -0.2) is 19.5 Å². The van der Waals surface area contributed by atoms with Crippen LogP contribution >= 0.6 is 11.6 Å². The maximum absolute atomic E-state index is 12.6. The number of amides is 1. The molecule has 0 atom stereocenters. The number of hydrogen-bond acceptors (Lipinski definition) is 5. The van der Waals surface area contributed by atoms with E-state index in [9.17, 15) is 13.2 Å². The summed E-state index contributed by atoms with van der Waals surface area (Å²) >= 11 is 6.03. The molecule has 1 amide bonds. The quantitative estimate of drug-likeness (QED) is 0.522. The Balaban J connectivity index is 1.48. The first-order valence-electron chi connectivity index (χ1n) is 9.66. The van der Waals surface area contributed by atoms with Crippen LogP contribution in [0, 0.1) is 12.8 Å². The molecular weight excluding hydrogens is 438 g/mol. The van der Waals surface area contributed by atoms with E-state index in [0.29, 0.717) is 27.9 Å². The highest BCUT2D eigenvalue weighted by Crippen LogP contribution is 2.32. The molecule has 0 unspecified atom stereocenters. The summed E-state index contributed by atoms with van der Waals surface area (Å²) in [5, 5.41) is 7.10. The van der Waals surface area contributed by atoms with Gasteiger partial charge in [-0.1, -0.05) is 47.1 Å². The molecule has 0 bridgehead atoms. The van der Waals surface area contributed by atoms with E-state index < -0.39 is 10.0 Å². The molecule has 2 N–H and O–H groups in total. The molecule has 0 saturated heterocycles. The number of halogens is 1. The Morgan fingerprint density at radius 2 is 1.84 bits per heavy atom. The standard InChI is InChI=1S/C22H20ClN3O4S/c1-14-21(24-22(27)16-9-10-16)20(30-25-14)13-8-15-6-11-17(12-7-15)31(28,29)26-19-5-3-2-4-18(19)23/h2-8,11-13,16,26H,9-10H2,1H3,(H,24,27)/b13-8-. The molecule has 1 aliphatic carbocycles. The number of para-hydroxylation sites is 1. The summed E-state index contributed by atoms with van der Waals surface area (Å²) in [5.41, 5.74) is 2.22. The van der Waals surface area contributed by atoms with Crippen LogP contribution in [0.25, 0.3) is 12.2 Å². The van der Waals surface area contributed by atoms with E-state index in [0.717, 1.165) is 18.4 Å². The summed E-state index contributed by atoms with van der Waals surface area (Å²) in [6, 6.07) is 13.0. The summed E-state index contributed by atoms with van der Waals surface area (Å²) in [4.78, 5) is 12.2. The molecule has 0 aliphatic heterocycles. The van der Waals surface area contributed by atoms with Gasteiger partial charge in [0.15, 0.2) is 5.76 Å². The average molecular weight is 458 g/mol. The van der Waals surface area contributed by atoms with Crippen molar-refractivity contribution >= 4 is 51.1 Å². The van der Waals surface area contributed by atoms with Gasteiger partial charge >= 0.3 is 0 Å². The largest absolute Gasteiger partial charge is 0.354 e. The van der Waals surface area contributed by atoms with Crippen LogP contribution in [0.2, 0.25) is 5.02 Å². The van der Waals surface area contributed by atoms with Gasteiger partial charge in [-0.3, -0.25) is 9.52 Å². The number of carbonyl (C=O) groups excluding carboxylic acids is 1. The highest BCUT2D eigenvalue weighted by Gasteiger charge is 2.30. The smallest absolute Gasteiger partial charge is 0.261 e. The molecule has 31 heavy (non-hydrogen) atoms. The Kier molecular flexibility index (Phi) is 5.84. The number of rotatable bonds is 7. The van der Waals surface area contributed by atoms with E-state index in [1.807, 2.05) is 0 Å². The number of anilines is 2. The predicted molar refractivity (Wildman–Crippen MR) is 120 cm³/mol. The van der Waals surface area contributed by atoms with Crippen LogP contribution in [0.1, 0.15) is 29.9 Å². The predicted octanol–water partition coefficient (Wildman–Crippen LogP) is 4.96. The number of nitrogens with one attached hydrogen (secondary N) is 2. The van der Waals surface area contributed by atoms with Crippen molar-refractivity contribution in [1.82, 2.24) is 5.16 Å². The van der Waals surface area contributed by atoms with E-state index in [4.69, 9.17) is 16.1 Å². The van der Waals surface area contributed by atoms with Crippen LogP contribution in [0.5, 0.6) is 0 Å². The number of hydrogen-bond donors (Lipinski definition) is 2. The fourth-order valence-corrected chi connectivity index (χ4v) is 4.22. The Morgan fingerprint density at radius 3 is 2.52 bits per heavy atom. The molecule has 1 aliphatic rings. The minimum Gasteiger partial charge on any atom is -0.354 e. The van der Waals surface area contributed by atoms with E-state index in [2.05, 4.69) is 15.2 Å². The molecular formula is C22H20ClN3O4S. The average Bonchev–Trinajstić information content (AvgIpc) is 3.54. The number of nitrogens with zero attached hydrogens (tertiary/aromatic N) is 1. The summed E-state index contributed by atoms with van der Waals surface area (Å²) in [7, 11) is -3.77. The van der Waals surface area contributed by atoms with Gasteiger partial charge in [0, 0.05) is 5.92 Å². The minimum atomic E-state index is -3.77.